The van der Waals surface area contributed by atoms with Gasteiger partial charge in [0.05, 0.1) is 5.69 Å². The molecule has 0 aromatic heterocycles. The average molecular weight is 271 g/mol. The van der Waals surface area contributed by atoms with Gasteiger partial charge in [-0.3, -0.25) is 4.31 Å². The van der Waals surface area contributed by atoms with Gasteiger partial charge >= 0.3 is 10.2 Å². The molecule has 0 radical (unpaired) electrons. The second-order valence-corrected chi connectivity index (χ2v) is 6.56. The average Bonchev–Trinajstić information content (AvgIpc) is 2.23. The molecule has 0 aliphatic rings. The first kappa shape index (κ1) is 14.9. The summed E-state index contributed by atoms with van der Waals surface area (Å²) in [6, 6.07) is 5.71. The number of nitrogens with two attached hydrogens (primary N) is 1. The van der Waals surface area contributed by atoms with Crippen LogP contribution in [0.1, 0.15) is 11.1 Å². The lowest BCUT2D eigenvalue weighted by atomic mass is 10.1. The van der Waals surface area contributed by atoms with Crippen LogP contribution in [-0.4, -0.2) is 39.9 Å². The molecule has 0 aliphatic heterocycles. The topological polar surface area (TPSA) is 66.6 Å². The fraction of sp³-hybridized carbons (Fsp3) is 0.500. The highest BCUT2D eigenvalue weighted by Gasteiger charge is 2.24. The number of hydrogen-bond acceptors (Lipinski definition) is 3. The molecule has 0 saturated heterocycles. The maximum Gasteiger partial charge on any atom is 0.303 e. The summed E-state index contributed by atoms with van der Waals surface area (Å²) >= 11 is 0. The fourth-order valence-electron chi connectivity index (χ4n) is 1.79. The molecule has 1 rings (SSSR count). The van der Waals surface area contributed by atoms with Crippen molar-refractivity contribution in [2.24, 2.45) is 5.73 Å². The normalized spacial score (nSPS) is 11.9. The lowest BCUT2D eigenvalue weighted by Gasteiger charge is -2.27. The molecule has 0 bridgehead atoms. The zero-order chi connectivity index (χ0) is 13.9. The third-order valence-corrected chi connectivity index (χ3v) is 4.44. The lowest BCUT2D eigenvalue weighted by Crippen LogP contribution is -2.42. The molecule has 102 valence electrons. The van der Waals surface area contributed by atoms with Crippen LogP contribution >= 0.6 is 0 Å². The van der Waals surface area contributed by atoms with E-state index >= 15 is 0 Å². The van der Waals surface area contributed by atoms with E-state index in [2.05, 4.69) is 0 Å². The van der Waals surface area contributed by atoms with Crippen molar-refractivity contribution in [1.82, 2.24) is 4.31 Å². The third kappa shape index (κ3) is 3.22. The Kier molecular flexibility index (Phi) is 4.72. The highest BCUT2D eigenvalue weighted by Crippen LogP contribution is 2.22. The van der Waals surface area contributed by atoms with E-state index in [1.165, 1.54) is 22.7 Å². The van der Waals surface area contributed by atoms with Crippen LogP contribution in [0.25, 0.3) is 0 Å². The van der Waals surface area contributed by atoms with Crippen LogP contribution < -0.4 is 10.0 Å². The van der Waals surface area contributed by atoms with E-state index in [1.807, 2.05) is 32.0 Å². The fourth-order valence-corrected chi connectivity index (χ4v) is 2.89. The predicted octanol–water partition coefficient (Wildman–Crippen LogP) is 0.875. The van der Waals surface area contributed by atoms with Gasteiger partial charge in [0.2, 0.25) is 0 Å². The second-order valence-electron chi connectivity index (χ2n) is 4.50. The van der Waals surface area contributed by atoms with Crippen molar-refractivity contribution in [3.8, 4) is 0 Å². The minimum absolute atomic E-state index is 0.267. The second kappa shape index (κ2) is 5.69. The Morgan fingerprint density at radius 1 is 1.11 bits per heavy atom. The number of nitrogens with zero attached hydrogens (tertiary/aromatic N) is 2. The van der Waals surface area contributed by atoms with E-state index < -0.39 is 10.2 Å². The first-order valence-electron chi connectivity index (χ1n) is 5.77. The van der Waals surface area contributed by atoms with E-state index in [0.717, 1.165) is 11.1 Å². The van der Waals surface area contributed by atoms with Gasteiger partial charge in [0.1, 0.15) is 0 Å². The Labute approximate surface area is 109 Å². The summed E-state index contributed by atoms with van der Waals surface area (Å²) in [7, 11) is -0.470. The lowest BCUT2D eigenvalue weighted by molar-refractivity contribution is 0.515. The molecule has 2 N–H and O–H groups in total. The van der Waals surface area contributed by atoms with Crippen molar-refractivity contribution in [1.29, 1.82) is 0 Å². The molecule has 0 spiro atoms. The van der Waals surface area contributed by atoms with Gasteiger partial charge in [-0.15, -0.1) is 0 Å². The Morgan fingerprint density at radius 2 is 1.61 bits per heavy atom. The quantitative estimate of drug-likeness (QED) is 0.864. The summed E-state index contributed by atoms with van der Waals surface area (Å²) in [6.07, 6.45) is 0. The molecule has 5 nitrogen and oxygen atoms in total. The van der Waals surface area contributed by atoms with Crippen LogP contribution in [0.3, 0.4) is 0 Å². The molecule has 0 atom stereocenters. The van der Waals surface area contributed by atoms with Crippen LogP contribution in [0.2, 0.25) is 0 Å². The zero-order valence-electron chi connectivity index (χ0n) is 11.3. The molecule has 0 unspecified atom stereocenters. The summed E-state index contributed by atoms with van der Waals surface area (Å²) < 4.78 is 27.0. The van der Waals surface area contributed by atoms with Crippen LogP contribution in [-0.2, 0) is 10.2 Å². The summed E-state index contributed by atoms with van der Waals surface area (Å²) in [4.78, 5) is 0. The molecule has 1 aromatic carbocycles. The van der Waals surface area contributed by atoms with E-state index in [1.54, 1.807) is 0 Å². The minimum atomic E-state index is -3.50. The van der Waals surface area contributed by atoms with Crippen molar-refractivity contribution in [2.45, 2.75) is 13.8 Å². The summed E-state index contributed by atoms with van der Waals surface area (Å²) in [6.45, 7) is 4.43. The highest BCUT2D eigenvalue weighted by molar-refractivity contribution is 7.90. The van der Waals surface area contributed by atoms with Crippen molar-refractivity contribution in [3.05, 3.63) is 29.3 Å². The summed E-state index contributed by atoms with van der Waals surface area (Å²) in [5.41, 5.74) is 8.23. The van der Waals surface area contributed by atoms with Crippen LogP contribution in [0.4, 0.5) is 5.69 Å². The highest BCUT2D eigenvalue weighted by atomic mass is 32.2. The standard InChI is InChI=1S/C12H21N3O2S/c1-10-7-11(2)9-12(8-10)15(6-5-13)18(16,17)14(3)4/h7-9H,5-6,13H2,1-4H3. The van der Waals surface area contributed by atoms with Crippen LogP contribution in [0.15, 0.2) is 18.2 Å². The van der Waals surface area contributed by atoms with E-state index in [9.17, 15) is 8.42 Å². The zero-order valence-corrected chi connectivity index (χ0v) is 12.2. The maximum absolute atomic E-state index is 12.2. The maximum atomic E-state index is 12.2. The molecule has 0 aliphatic carbocycles. The van der Waals surface area contributed by atoms with Crippen molar-refractivity contribution >= 4 is 15.9 Å². The molecule has 0 heterocycles. The predicted molar refractivity (Wildman–Crippen MR) is 74.9 cm³/mol. The van der Waals surface area contributed by atoms with Crippen LogP contribution in [0, 0.1) is 13.8 Å². The van der Waals surface area contributed by atoms with E-state index in [0.29, 0.717) is 5.69 Å². The number of rotatable bonds is 5. The molecule has 18 heavy (non-hydrogen) atoms. The Bertz CT molecular complexity index is 492. The molecule has 0 amide bonds. The summed E-state index contributed by atoms with van der Waals surface area (Å²) in [5.74, 6) is 0. The monoisotopic (exact) mass is 271 g/mol. The Morgan fingerprint density at radius 3 is 2.00 bits per heavy atom. The van der Waals surface area contributed by atoms with Gasteiger partial charge < -0.3 is 5.73 Å². The smallest absolute Gasteiger partial charge is 0.303 e. The largest absolute Gasteiger partial charge is 0.329 e. The molecular weight excluding hydrogens is 250 g/mol. The van der Waals surface area contributed by atoms with Crippen LogP contribution in [0.5, 0.6) is 0 Å². The molecule has 1 aromatic rings. The van der Waals surface area contributed by atoms with E-state index in [4.69, 9.17) is 5.73 Å². The first-order valence-corrected chi connectivity index (χ1v) is 7.17. The van der Waals surface area contributed by atoms with Gasteiger partial charge in [-0.2, -0.15) is 12.7 Å². The Hall–Kier alpha value is -1.11. The third-order valence-electron chi connectivity index (χ3n) is 2.57. The van der Waals surface area contributed by atoms with Gasteiger partial charge in [-0.05, 0) is 37.1 Å². The summed E-state index contributed by atoms with van der Waals surface area (Å²) in [5, 5.41) is 0. The molecule has 0 saturated carbocycles. The number of aryl methyl sites for hydroxylation is 2. The van der Waals surface area contributed by atoms with Crippen molar-refractivity contribution in [2.75, 3.05) is 31.5 Å². The number of hydrogen-bond donors (Lipinski definition) is 1. The van der Waals surface area contributed by atoms with Gasteiger partial charge in [-0.25, -0.2) is 0 Å². The van der Waals surface area contributed by atoms with Gasteiger partial charge in [0.25, 0.3) is 0 Å². The van der Waals surface area contributed by atoms with E-state index in [-0.39, 0.29) is 13.1 Å². The molecule has 6 heteroatoms. The van der Waals surface area contributed by atoms with Crippen molar-refractivity contribution in [3.63, 3.8) is 0 Å². The van der Waals surface area contributed by atoms with Gasteiger partial charge in [-0.1, -0.05) is 6.07 Å². The first-order chi connectivity index (χ1) is 8.28. The number of anilines is 1. The molecule has 0 fully saturated rings. The minimum Gasteiger partial charge on any atom is -0.329 e. The SMILES string of the molecule is Cc1cc(C)cc(N(CCN)S(=O)(=O)N(C)C)c1. The van der Waals surface area contributed by atoms with Gasteiger partial charge in [0, 0.05) is 27.2 Å². The Balaban J connectivity index is 3.28. The van der Waals surface area contributed by atoms with Gasteiger partial charge in [0.15, 0.2) is 0 Å². The number of benzene rings is 1. The molecular formula is C12H21N3O2S. The van der Waals surface area contributed by atoms with Crippen molar-refractivity contribution < 1.29 is 8.42 Å².